The fourth-order valence-corrected chi connectivity index (χ4v) is 3.18. The molecule has 2 aliphatic rings. The van der Waals surface area contributed by atoms with Crippen LogP contribution in [0.1, 0.15) is 18.4 Å². The molecule has 2 amide bonds. The first kappa shape index (κ1) is 15.0. The largest absolute Gasteiger partial charge is 0.353 e. The normalized spacial score (nSPS) is 20.6. The lowest BCUT2D eigenvalue weighted by molar-refractivity contribution is -0.143. The van der Waals surface area contributed by atoms with Gasteiger partial charge in [0, 0.05) is 12.7 Å². The number of nitrogens with zero attached hydrogens (tertiary/aromatic N) is 2. The lowest BCUT2D eigenvalue weighted by Crippen LogP contribution is -2.52. The molecule has 2 heterocycles. The second kappa shape index (κ2) is 6.48. The van der Waals surface area contributed by atoms with Crippen molar-refractivity contribution in [1.29, 1.82) is 0 Å². The van der Waals surface area contributed by atoms with Gasteiger partial charge in [-0.2, -0.15) is 0 Å². The van der Waals surface area contributed by atoms with E-state index in [0.29, 0.717) is 0 Å². The van der Waals surface area contributed by atoms with Crippen LogP contribution in [0.3, 0.4) is 0 Å². The van der Waals surface area contributed by atoms with Gasteiger partial charge < -0.3 is 10.2 Å². The number of nitrogens with one attached hydrogen (secondary N) is 1. The summed E-state index contributed by atoms with van der Waals surface area (Å²) < 4.78 is 0. The Morgan fingerprint density at radius 1 is 1.05 bits per heavy atom. The van der Waals surface area contributed by atoms with E-state index in [-0.39, 0.29) is 24.9 Å². The zero-order valence-corrected chi connectivity index (χ0v) is 13.0. The zero-order valence-electron chi connectivity index (χ0n) is 13.0. The van der Waals surface area contributed by atoms with E-state index in [1.165, 1.54) is 23.3 Å². The average Bonchev–Trinajstić information content (AvgIpc) is 2.54. The number of amides is 2. The van der Waals surface area contributed by atoms with Gasteiger partial charge in [0.25, 0.3) is 0 Å². The minimum Gasteiger partial charge on any atom is -0.353 e. The number of piperazine rings is 1. The van der Waals surface area contributed by atoms with Crippen LogP contribution < -0.4 is 10.2 Å². The van der Waals surface area contributed by atoms with Crippen LogP contribution in [0.5, 0.6) is 0 Å². The van der Waals surface area contributed by atoms with Crippen LogP contribution in [0.4, 0.5) is 5.69 Å². The fourth-order valence-electron chi connectivity index (χ4n) is 3.18. The van der Waals surface area contributed by atoms with Crippen molar-refractivity contribution >= 4 is 17.5 Å². The van der Waals surface area contributed by atoms with Crippen LogP contribution in [-0.4, -0.2) is 49.9 Å². The molecule has 5 heteroatoms. The van der Waals surface area contributed by atoms with Gasteiger partial charge in [0.15, 0.2) is 0 Å². The Bertz CT molecular complexity index is 532. The lowest BCUT2D eigenvalue weighted by Gasteiger charge is -2.32. The highest BCUT2D eigenvalue weighted by Gasteiger charge is 2.28. The lowest BCUT2D eigenvalue weighted by atomic mass is 9.91. The molecule has 2 aliphatic heterocycles. The maximum atomic E-state index is 11.8. The highest BCUT2D eigenvalue weighted by atomic mass is 16.2. The van der Waals surface area contributed by atoms with Gasteiger partial charge >= 0.3 is 0 Å². The van der Waals surface area contributed by atoms with E-state index in [0.717, 1.165) is 31.1 Å². The summed E-state index contributed by atoms with van der Waals surface area (Å²) in [6.45, 7) is 2.79. The summed E-state index contributed by atoms with van der Waals surface area (Å²) >= 11 is 0. The van der Waals surface area contributed by atoms with E-state index in [1.807, 2.05) is 17.0 Å². The predicted molar refractivity (Wildman–Crippen MR) is 85.7 cm³/mol. The molecule has 1 N–H and O–H groups in total. The first-order valence-corrected chi connectivity index (χ1v) is 7.97. The summed E-state index contributed by atoms with van der Waals surface area (Å²) in [6.07, 6.45) is 3.59. The maximum Gasteiger partial charge on any atom is 0.248 e. The van der Waals surface area contributed by atoms with E-state index < -0.39 is 0 Å². The van der Waals surface area contributed by atoms with E-state index in [9.17, 15) is 9.59 Å². The Hall–Kier alpha value is -1.88. The third-order valence-corrected chi connectivity index (χ3v) is 4.69. The van der Waals surface area contributed by atoms with Gasteiger partial charge in [0.05, 0.1) is 13.1 Å². The number of carbonyl (C=O) groups excluding carboxylic acids is 2. The number of rotatable bonds is 3. The predicted octanol–water partition coefficient (Wildman–Crippen LogP) is 1.03. The molecule has 0 aromatic heterocycles. The summed E-state index contributed by atoms with van der Waals surface area (Å²) in [5, 5.41) is 3.39. The molecule has 118 valence electrons. The quantitative estimate of drug-likeness (QED) is 0.848. The molecular formula is C17H23N3O2. The molecule has 2 fully saturated rings. The van der Waals surface area contributed by atoms with Crippen LogP contribution >= 0.6 is 0 Å². The average molecular weight is 301 g/mol. The smallest absolute Gasteiger partial charge is 0.248 e. The van der Waals surface area contributed by atoms with Crippen molar-refractivity contribution in [3.8, 4) is 0 Å². The molecule has 1 aromatic rings. The van der Waals surface area contributed by atoms with Crippen molar-refractivity contribution in [2.24, 2.45) is 5.92 Å². The number of benzene rings is 1. The Morgan fingerprint density at radius 3 is 2.23 bits per heavy atom. The van der Waals surface area contributed by atoms with Crippen molar-refractivity contribution in [2.45, 2.75) is 19.3 Å². The highest BCUT2D eigenvalue weighted by Crippen LogP contribution is 2.22. The molecule has 1 aromatic carbocycles. The molecule has 0 atom stereocenters. The molecule has 22 heavy (non-hydrogen) atoms. The van der Waals surface area contributed by atoms with Crippen molar-refractivity contribution in [3.05, 3.63) is 29.8 Å². The molecule has 0 saturated carbocycles. The Balaban J connectivity index is 1.63. The minimum atomic E-state index is -0.143. The van der Waals surface area contributed by atoms with Crippen molar-refractivity contribution in [2.75, 3.05) is 38.1 Å². The van der Waals surface area contributed by atoms with Gasteiger partial charge in [-0.25, -0.2) is 0 Å². The molecule has 3 rings (SSSR count). The SMILES string of the molecule is CN1C(=O)CN(c2ccc(CC3CCNCC3)cc2)CC1=O. The number of carbonyl (C=O) groups is 2. The van der Waals surface area contributed by atoms with E-state index >= 15 is 0 Å². The summed E-state index contributed by atoms with van der Waals surface area (Å²) in [7, 11) is 1.55. The van der Waals surface area contributed by atoms with Crippen LogP contribution in [0, 0.1) is 5.92 Å². The number of anilines is 1. The summed E-state index contributed by atoms with van der Waals surface area (Å²) in [6, 6.07) is 8.32. The summed E-state index contributed by atoms with van der Waals surface area (Å²) in [5.41, 5.74) is 2.28. The molecular weight excluding hydrogens is 278 g/mol. The van der Waals surface area contributed by atoms with Crippen LogP contribution in [0.2, 0.25) is 0 Å². The molecule has 0 bridgehead atoms. The van der Waals surface area contributed by atoms with Gasteiger partial charge in [-0.15, -0.1) is 0 Å². The van der Waals surface area contributed by atoms with Gasteiger partial charge in [-0.3, -0.25) is 14.5 Å². The van der Waals surface area contributed by atoms with Crippen LogP contribution in [0.15, 0.2) is 24.3 Å². The van der Waals surface area contributed by atoms with Gasteiger partial charge in [-0.1, -0.05) is 12.1 Å². The molecule has 0 spiro atoms. The summed E-state index contributed by atoms with van der Waals surface area (Å²) in [4.78, 5) is 26.6. The van der Waals surface area contributed by atoms with Crippen molar-refractivity contribution < 1.29 is 9.59 Å². The number of piperidine rings is 1. The first-order chi connectivity index (χ1) is 10.6. The third kappa shape index (κ3) is 3.30. The van der Waals surface area contributed by atoms with Crippen LogP contribution in [0.25, 0.3) is 0 Å². The molecule has 5 nitrogen and oxygen atoms in total. The molecule has 0 unspecified atom stereocenters. The van der Waals surface area contributed by atoms with E-state index in [4.69, 9.17) is 0 Å². The Labute approximate surface area is 131 Å². The van der Waals surface area contributed by atoms with E-state index in [1.54, 1.807) is 7.05 Å². The molecule has 0 aliphatic carbocycles. The Kier molecular flexibility index (Phi) is 4.43. The second-order valence-electron chi connectivity index (χ2n) is 6.27. The summed E-state index contributed by atoms with van der Waals surface area (Å²) in [5.74, 6) is 0.476. The highest BCUT2D eigenvalue weighted by molar-refractivity contribution is 6.02. The first-order valence-electron chi connectivity index (χ1n) is 7.97. The van der Waals surface area contributed by atoms with Gasteiger partial charge in [0.2, 0.25) is 11.8 Å². The third-order valence-electron chi connectivity index (χ3n) is 4.69. The number of hydrogen-bond donors (Lipinski definition) is 1. The van der Waals surface area contributed by atoms with Gasteiger partial charge in [0.1, 0.15) is 0 Å². The van der Waals surface area contributed by atoms with E-state index in [2.05, 4.69) is 17.4 Å². The standard InChI is InChI=1S/C17H23N3O2/c1-19-16(21)11-20(12-17(19)22)15-4-2-13(3-5-15)10-14-6-8-18-9-7-14/h2-5,14,18H,6-12H2,1H3. The second-order valence-corrected chi connectivity index (χ2v) is 6.27. The fraction of sp³-hybridized carbons (Fsp3) is 0.529. The van der Waals surface area contributed by atoms with Crippen molar-refractivity contribution in [3.63, 3.8) is 0 Å². The Morgan fingerprint density at radius 2 is 1.64 bits per heavy atom. The minimum absolute atomic E-state index is 0.143. The maximum absolute atomic E-state index is 11.8. The topological polar surface area (TPSA) is 52.7 Å². The monoisotopic (exact) mass is 301 g/mol. The van der Waals surface area contributed by atoms with Crippen LogP contribution in [-0.2, 0) is 16.0 Å². The number of imide groups is 1. The zero-order chi connectivity index (χ0) is 15.5. The molecule has 2 saturated heterocycles. The van der Waals surface area contributed by atoms with Crippen molar-refractivity contribution in [1.82, 2.24) is 10.2 Å². The number of hydrogen-bond acceptors (Lipinski definition) is 4. The molecule has 0 radical (unpaired) electrons. The number of likely N-dealkylation sites (N-methyl/N-ethyl adjacent to an activating group) is 1. The van der Waals surface area contributed by atoms with Gasteiger partial charge in [-0.05, 0) is 56.0 Å².